The number of carbonyl (C=O) groups excluding carboxylic acids is 1. The molecule has 7 nitrogen and oxygen atoms in total. The summed E-state index contributed by atoms with van der Waals surface area (Å²) in [5.41, 5.74) is 2.61. The summed E-state index contributed by atoms with van der Waals surface area (Å²) in [5, 5.41) is 22.8. The average molecular weight is 485 g/mol. The Morgan fingerprint density at radius 1 is 1.17 bits per heavy atom. The molecule has 2 heterocycles. The van der Waals surface area contributed by atoms with Gasteiger partial charge in [0.15, 0.2) is 11.4 Å². The summed E-state index contributed by atoms with van der Waals surface area (Å²) in [6.45, 7) is 7.56. The Bertz CT molecular complexity index is 1340. The minimum absolute atomic E-state index is 0.167. The van der Waals surface area contributed by atoms with Crippen LogP contribution in [-0.4, -0.2) is 42.0 Å². The number of methoxy groups -OCH3 is 1. The van der Waals surface area contributed by atoms with Crippen LogP contribution in [0.4, 0.5) is 20.3 Å². The van der Waals surface area contributed by atoms with Gasteiger partial charge in [0, 0.05) is 36.1 Å². The second-order valence-electron chi connectivity index (χ2n) is 9.41. The predicted molar refractivity (Wildman–Crippen MR) is 131 cm³/mol. The maximum atomic E-state index is 14.4. The molecule has 2 aromatic carbocycles. The zero-order valence-electron chi connectivity index (χ0n) is 21.0. The molecule has 0 fully saturated rings. The SMILES string of the molecule is COC1(C)C(=O)N(C)c2cc3c(N[C@H](C)c4cc(C)cc(C(F)(F)CO)c4C)nnc(C)c3cc21. The first-order valence-corrected chi connectivity index (χ1v) is 11.4. The number of aliphatic hydroxyl groups excluding tert-OH is 1. The summed E-state index contributed by atoms with van der Waals surface area (Å²) in [5.74, 6) is -3.03. The Balaban J connectivity index is 1.82. The van der Waals surface area contributed by atoms with Crippen LogP contribution in [0.5, 0.6) is 0 Å². The van der Waals surface area contributed by atoms with Gasteiger partial charge in [-0.2, -0.15) is 13.9 Å². The van der Waals surface area contributed by atoms with Crippen molar-refractivity contribution in [1.29, 1.82) is 0 Å². The Hall–Kier alpha value is -3.17. The molecule has 1 aliphatic rings. The van der Waals surface area contributed by atoms with Crippen LogP contribution in [0.3, 0.4) is 0 Å². The number of hydrogen-bond donors (Lipinski definition) is 2. The zero-order chi connectivity index (χ0) is 25.9. The third-order valence-corrected chi connectivity index (χ3v) is 7.08. The molecule has 0 saturated carbocycles. The van der Waals surface area contributed by atoms with Gasteiger partial charge in [-0.3, -0.25) is 4.79 Å². The molecule has 0 saturated heterocycles. The lowest BCUT2D eigenvalue weighted by Gasteiger charge is -2.24. The van der Waals surface area contributed by atoms with Gasteiger partial charge in [-0.1, -0.05) is 11.6 Å². The first kappa shape index (κ1) is 24.9. The smallest absolute Gasteiger partial charge is 0.296 e. The molecule has 1 unspecified atom stereocenters. The highest BCUT2D eigenvalue weighted by Crippen LogP contribution is 2.45. The van der Waals surface area contributed by atoms with Gasteiger partial charge in [-0.15, -0.1) is 5.10 Å². The lowest BCUT2D eigenvalue weighted by molar-refractivity contribution is -0.137. The second-order valence-corrected chi connectivity index (χ2v) is 9.41. The third-order valence-electron chi connectivity index (χ3n) is 7.08. The van der Waals surface area contributed by atoms with Crippen LogP contribution < -0.4 is 10.2 Å². The van der Waals surface area contributed by atoms with E-state index in [1.54, 1.807) is 32.7 Å². The highest BCUT2D eigenvalue weighted by Gasteiger charge is 2.47. The monoisotopic (exact) mass is 484 g/mol. The normalized spacial score (nSPS) is 18.8. The minimum Gasteiger partial charge on any atom is -0.390 e. The molecule has 2 atom stereocenters. The molecule has 4 rings (SSSR count). The summed E-state index contributed by atoms with van der Waals surface area (Å²) in [6.07, 6.45) is 0. The fourth-order valence-electron chi connectivity index (χ4n) is 4.91. The number of amides is 1. The molecule has 1 amide bonds. The summed E-state index contributed by atoms with van der Waals surface area (Å²) in [7, 11) is 3.21. The molecular weight excluding hydrogens is 454 g/mol. The number of halogens is 2. The van der Waals surface area contributed by atoms with Crippen molar-refractivity contribution in [2.24, 2.45) is 0 Å². The number of ether oxygens (including phenoxy) is 1. The van der Waals surface area contributed by atoms with Crippen molar-refractivity contribution in [1.82, 2.24) is 10.2 Å². The molecule has 1 aromatic heterocycles. The maximum Gasteiger partial charge on any atom is 0.296 e. The van der Waals surface area contributed by atoms with Gasteiger partial charge < -0.3 is 20.1 Å². The van der Waals surface area contributed by atoms with Gasteiger partial charge in [0.25, 0.3) is 11.8 Å². The molecular formula is C26H30F2N4O3. The zero-order valence-corrected chi connectivity index (χ0v) is 21.0. The van der Waals surface area contributed by atoms with Crippen LogP contribution >= 0.6 is 0 Å². The van der Waals surface area contributed by atoms with Crippen molar-refractivity contribution < 1.29 is 23.4 Å². The largest absolute Gasteiger partial charge is 0.390 e. The number of benzene rings is 2. The number of nitrogens with zero attached hydrogens (tertiary/aromatic N) is 3. The number of alkyl halides is 2. The maximum absolute atomic E-state index is 14.4. The van der Waals surface area contributed by atoms with Gasteiger partial charge in [-0.05, 0) is 63.9 Å². The van der Waals surface area contributed by atoms with Gasteiger partial charge in [0.05, 0.1) is 17.4 Å². The highest BCUT2D eigenvalue weighted by molar-refractivity contribution is 6.10. The predicted octanol–water partition coefficient (Wildman–Crippen LogP) is 4.65. The van der Waals surface area contributed by atoms with E-state index >= 15 is 0 Å². The molecule has 0 spiro atoms. The Labute approximate surface area is 203 Å². The number of carbonyl (C=O) groups is 1. The van der Waals surface area contributed by atoms with Crippen molar-refractivity contribution in [3.63, 3.8) is 0 Å². The first-order valence-electron chi connectivity index (χ1n) is 11.4. The van der Waals surface area contributed by atoms with Crippen LogP contribution in [0.25, 0.3) is 10.8 Å². The van der Waals surface area contributed by atoms with Crippen molar-refractivity contribution in [2.45, 2.75) is 52.2 Å². The Morgan fingerprint density at radius 2 is 1.86 bits per heavy atom. The van der Waals surface area contributed by atoms with E-state index in [9.17, 15) is 18.7 Å². The van der Waals surface area contributed by atoms with E-state index in [2.05, 4.69) is 15.5 Å². The number of aliphatic hydroxyl groups is 1. The van der Waals surface area contributed by atoms with E-state index in [1.165, 1.54) is 13.2 Å². The molecule has 3 aromatic rings. The summed E-state index contributed by atoms with van der Waals surface area (Å²) < 4.78 is 34.4. The third kappa shape index (κ3) is 3.83. The number of nitrogens with one attached hydrogen (secondary N) is 1. The lowest BCUT2D eigenvalue weighted by atomic mass is 9.91. The molecule has 186 valence electrons. The number of rotatable bonds is 6. The van der Waals surface area contributed by atoms with E-state index in [-0.39, 0.29) is 17.5 Å². The standard InChI is InChI=1S/C26H30F2N4O3/c1-13-8-17(14(2)20(9-13)26(27,28)12-33)15(3)29-23-19-11-22-21(10-18(19)16(4)30-31-23)25(5,35-7)24(34)32(22)6/h8-11,15,33H,12H2,1-7H3,(H,29,31)/t15-,25?/m1/s1. The van der Waals surface area contributed by atoms with E-state index in [1.807, 2.05) is 32.0 Å². The quantitative estimate of drug-likeness (QED) is 0.530. The Kier molecular flexibility index (Phi) is 6.05. The summed E-state index contributed by atoms with van der Waals surface area (Å²) in [6, 6.07) is 6.67. The lowest BCUT2D eigenvalue weighted by Crippen LogP contribution is -2.37. The number of aryl methyl sites for hydroxylation is 2. The van der Waals surface area contributed by atoms with Crippen molar-refractivity contribution in [2.75, 3.05) is 31.0 Å². The fraction of sp³-hybridized carbons (Fsp3) is 0.423. The van der Waals surface area contributed by atoms with Crippen LogP contribution in [0, 0.1) is 20.8 Å². The van der Waals surface area contributed by atoms with E-state index in [4.69, 9.17) is 4.74 Å². The minimum atomic E-state index is -3.34. The number of hydrogen-bond acceptors (Lipinski definition) is 6. The number of likely N-dealkylation sites (N-methyl/N-ethyl adjacent to an activating group) is 1. The average Bonchev–Trinajstić information content (AvgIpc) is 3.02. The summed E-state index contributed by atoms with van der Waals surface area (Å²) in [4.78, 5) is 14.5. The fourth-order valence-corrected chi connectivity index (χ4v) is 4.91. The van der Waals surface area contributed by atoms with Crippen LogP contribution in [0.1, 0.15) is 53.4 Å². The molecule has 0 aliphatic carbocycles. The first-order chi connectivity index (χ1) is 16.4. The highest BCUT2D eigenvalue weighted by atomic mass is 19.3. The number of anilines is 2. The molecule has 35 heavy (non-hydrogen) atoms. The van der Waals surface area contributed by atoms with E-state index in [0.717, 1.165) is 16.3 Å². The van der Waals surface area contributed by atoms with Crippen molar-refractivity contribution in [3.8, 4) is 0 Å². The van der Waals surface area contributed by atoms with Gasteiger partial charge in [0.2, 0.25) is 0 Å². The molecule has 0 bridgehead atoms. The molecule has 2 N–H and O–H groups in total. The molecule has 1 aliphatic heterocycles. The molecule has 0 radical (unpaired) electrons. The second kappa shape index (κ2) is 8.49. The molecule has 9 heteroatoms. The summed E-state index contributed by atoms with van der Waals surface area (Å²) >= 11 is 0. The van der Waals surface area contributed by atoms with Crippen LogP contribution in [0.2, 0.25) is 0 Å². The van der Waals surface area contributed by atoms with Crippen LogP contribution in [-0.2, 0) is 21.1 Å². The number of aromatic nitrogens is 2. The van der Waals surface area contributed by atoms with Gasteiger partial charge >= 0.3 is 0 Å². The van der Waals surface area contributed by atoms with E-state index in [0.29, 0.717) is 33.9 Å². The van der Waals surface area contributed by atoms with Crippen LogP contribution in [0.15, 0.2) is 24.3 Å². The van der Waals surface area contributed by atoms with Gasteiger partial charge in [0.1, 0.15) is 6.61 Å². The topological polar surface area (TPSA) is 87.6 Å². The van der Waals surface area contributed by atoms with Crippen molar-refractivity contribution in [3.05, 3.63) is 57.8 Å². The number of fused-ring (bicyclic) bond motifs is 2. The van der Waals surface area contributed by atoms with Crippen molar-refractivity contribution >= 4 is 28.2 Å². The van der Waals surface area contributed by atoms with Gasteiger partial charge in [-0.25, -0.2) is 0 Å². The Morgan fingerprint density at radius 3 is 2.49 bits per heavy atom. The van der Waals surface area contributed by atoms with E-state index < -0.39 is 18.1 Å².